The average Bonchev–Trinajstić information content (AvgIpc) is 2.40. The second kappa shape index (κ2) is 7.99. The summed E-state index contributed by atoms with van der Waals surface area (Å²) in [5.41, 5.74) is 1.11. The summed E-state index contributed by atoms with van der Waals surface area (Å²) >= 11 is 0. The first-order valence-electron chi connectivity index (χ1n) is 6.25. The lowest BCUT2D eigenvalue weighted by molar-refractivity contribution is -0.144. The quantitative estimate of drug-likeness (QED) is 0.469. The Morgan fingerprint density at radius 1 is 1.15 bits per heavy atom. The van der Waals surface area contributed by atoms with E-state index in [4.69, 9.17) is 14.6 Å². The molecule has 1 N–H and O–H groups in total. The van der Waals surface area contributed by atoms with Crippen LogP contribution in [-0.2, 0) is 25.5 Å². The van der Waals surface area contributed by atoms with Gasteiger partial charge in [-0.25, -0.2) is 4.79 Å². The van der Waals surface area contributed by atoms with Crippen LogP contribution in [0.4, 0.5) is 0 Å². The van der Waals surface area contributed by atoms with E-state index < -0.39 is 5.97 Å². The second-order valence-electron chi connectivity index (χ2n) is 4.33. The van der Waals surface area contributed by atoms with Crippen molar-refractivity contribution >= 4 is 11.9 Å². The summed E-state index contributed by atoms with van der Waals surface area (Å²) in [5, 5.41) is 9.11. The first-order chi connectivity index (χ1) is 9.49. The highest BCUT2D eigenvalue weighted by Gasteiger charge is 2.06. The minimum atomic E-state index is -0.444. The molecule has 5 nitrogen and oxygen atoms in total. The maximum atomic E-state index is 11.5. The monoisotopic (exact) mass is 278 g/mol. The van der Waals surface area contributed by atoms with E-state index in [0.717, 1.165) is 5.56 Å². The van der Waals surface area contributed by atoms with Crippen LogP contribution in [0, 0.1) is 0 Å². The summed E-state index contributed by atoms with van der Waals surface area (Å²) in [6, 6.07) is 6.34. The molecule has 108 valence electrons. The van der Waals surface area contributed by atoms with Gasteiger partial charge in [-0.1, -0.05) is 18.7 Å². The number of phenolic OH excluding ortho intramolecular Hbond substituents is 1. The van der Waals surface area contributed by atoms with E-state index in [2.05, 4.69) is 6.58 Å². The van der Waals surface area contributed by atoms with Crippen LogP contribution in [0.2, 0.25) is 0 Å². The van der Waals surface area contributed by atoms with Gasteiger partial charge in [-0.3, -0.25) is 4.79 Å². The number of ether oxygens (including phenoxy) is 2. The normalized spacial score (nSPS) is 9.85. The predicted octanol–water partition coefficient (Wildman–Crippen LogP) is 1.99. The van der Waals surface area contributed by atoms with Crippen LogP contribution < -0.4 is 0 Å². The number of carbonyl (C=O) groups excluding carboxylic acids is 2. The van der Waals surface area contributed by atoms with Gasteiger partial charge in [-0.05, 0) is 24.6 Å². The third kappa shape index (κ3) is 6.04. The van der Waals surface area contributed by atoms with Gasteiger partial charge < -0.3 is 14.6 Å². The average molecular weight is 278 g/mol. The molecule has 0 aliphatic carbocycles. The fourth-order valence-corrected chi connectivity index (χ4v) is 1.36. The molecule has 0 aliphatic heterocycles. The lowest BCUT2D eigenvalue weighted by Gasteiger charge is -2.06. The molecule has 0 atom stereocenters. The number of carbonyl (C=O) groups is 2. The highest BCUT2D eigenvalue weighted by molar-refractivity contribution is 5.86. The Kier molecular flexibility index (Phi) is 6.29. The third-order valence-electron chi connectivity index (χ3n) is 2.42. The molecule has 0 bridgehead atoms. The first kappa shape index (κ1) is 15.8. The largest absolute Gasteiger partial charge is 0.508 e. The van der Waals surface area contributed by atoms with Gasteiger partial charge in [0.05, 0.1) is 19.6 Å². The second-order valence-corrected chi connectivity index (χ2v) is 4.33. The van der Waals surface area contributed by atoms with Crippen LogP contribution in [0.3, 0.4) is 0 Å². The molecule has 0 saturated heterocycles. The van der Waals surface area contributed by atoms with E-state index in [1.54, 1.807) is 19.1 Å². The fourth-order valence-electron chi connectivity index (χ4n) is 1.36. The topological polar surface area (TPSA) is 72.8 Å². The molecule has 0 saturated carbocycles. The summed E-state index contributed by atoms with van der Waals surface area (Å²) in [5.74, 6) is -0.649. The van der Waals surface area contributed by atoms with Gasteiger partial charge in [0.1, 0.15) is 5.75 Å². The molecule has 20 heavy (non-hydrogen) atoms. The Morgan fingerprint density at radius 2 is 1.75 bits per heavy atom. The van der Waals surface area contributed by atoms with Gasteiger partial charge in [0, 0.05) is 12.0 Å². The van der Waals surface area contributed by atoms with Crippen molar-refractivity contribution in [3.05, 3.63) is 42.0 Å². The standard InChI is InChI=1S/C15H18O5/c1-11(2)15(18)20-9-3-8-19-14(17)10-12-4-6-13(16)7-5-12/h4-7,16H,1,3,8-10H2,2H3. The zero-order chi connectivity index (χ0) is 15.0. The number of phenols is 1. The molecule has 0 aliphatic rings. The molecule has 0 amide bonds. The van der Waals surface area contributed by atoms with E-state index >= 15 is 0 Å². The van der Waals surface area contributed by atoms with Gasteiger partial charge in [0.25, 0.3) is 0 Å². The van der Waals surface area contributed by atoms with Crippen molar-refractivity contribution in [1.29, 1.82) is 0 Å². The molecular weight excluding hydrogens is 260 g/mol. The molecule has 0 fully saturated rings. The SMILES string of the molecule is C=C(C)C(=O)OCCCOC(=O)Cc1ccc(O)cc1. The van der Waals surface area contributed by atoms with Crippen LogP contribution >= 0.6 is 0 Å². The number of aromatic hydroxyl groups is 1. The Balaban J connectivity index is 2.16. The smallest absolute Gasteiger partial charge is 0.333 e. The van der Waals surface area contributed by atoms with Crippen molar-refractivity contribution in [1.82, 2.24) is 0 Å². The number of hydrogen-bond acceptors (Lipinski definition) is 5. The Morgan fingerprint density at radius 3 is 2.35 bits per heavy atom. The number of benzene rings is 1. The maximum absolute atomic E-state index is 11.5. The van der Waals surface area contributed by atoms with Crippen molar-refractivity contribution in [2.24, 2.45) is 0 Å². The lowest BCUT2D eigenvalue weighted by Crippen LogP contribution is -2.12. The van der Waals surface area contributed by atoms with Gasteiger partial charge in [-0.2, -0.15) is 0 Å². The van der Waals surface area contributed by atoms with E-state index in [1.165, 1.54) is 12.1 Å². The molecule has 0 radical (unpaired) electrons. The minimum absolute atomic E-state index is 0.145. The Labute approximate surface area is 117 Å². The lowest BCUT2D eigenvalue weighted by atomic mass is 10.1. The van der Waals surface area contributed by atoms with Crippen molar-refractivity contribution in [3.63, 3.8) is 0 Å². The van der Waals surface area contributed by atoms with Gasteiger partial charge in [0.2, 0.25) is 0 Å². The van der Waals surface area contributed by atoms with Crippen LogP contribution in [0.5, 0.6) is 5.75 Å². The molecule has 1 rings (SSSR count). The summed E-state index contributed by atoms with van der Waals surface area (Å²) < 4.78 is 9.86. The highest BCUT2D eigenvalue weighted by Crippen LogP contribution is 2.10. The van der Waals surface area contributed by atoms with E-state index in [0.29, 0.717) is 12.0 Å². The van der Waals surface area contributed by atoms with E-state index in [9.17, 15) is 9.59 Å². The number of esters is 2. The molecule has 0 heterocycles. The van der Waals surface area contributed by atoms with Crippen molar-refractivity contribution in [2.75, 3.05) is 13.2 Å². The molecular formula is C15H18O5. The molecule has 1 aromatic carbocycles. The predicted molar refractivity (Wildman–Crippen MR) is 73.2 cm³/mol. The van der Waals surface area contributed by atoms with Crippen LogP contribution in [-0.4, -0.2) is 30.3 Å². The van der Waals surface area contributed by atoms with Crippen LogP contribution in [0.15, 0.2) is 36.4 Å². The van der Waals surface area contributed by atoms with Gasteiger partial charge in [-0.15, -0.1) is 0 Å². The first-order valence-corrected chi connectivity index (χ1v) is 6.25. The summed E-state index contributed by atoms with van der Waals surface area (Å²) in [6.45, 7) is 5.41. The van der Waals surface area contributed by atoms with Crippen LogP contribution in [0.25, 0.3) is 0 Å². The van der Waals surface area contributed by atoms with E-state index in [1.807, 2.05) is 0 Å². The Bertz CT molecular complexity index is 476. The van der Waals surface area contributed by atoms with E-state index in [-0.39, 0.29) is 31.4 Å². The highest BCUT2D eigenvalue weighted by atomic mass is 16.5. The van der Waals surface area contributed by atoms with Crippen molar-refractivity contribution in [2.45, 2.75) is 19.8 Å². The molecule has 0 aromatic heterocycles. The molecule has 0 spiro atoms. The Hall–Kier alpha value is -2.30. The summed E-state index contributed by atoms with van der Waals surface area (Å²) in [7, 11) is 0. The maximum Gasteiger partial charge on any atom is 0.333 e. The summed E-state index contributed by atoms with van der Waals surface area (Å²) in [4.78, 5) is 22.6. The molecule has 5 heteroatoms. The number of rotatable bonds is 7. The van der Waals surface area contributed by atoms with Crippen molar-refractivity contribution in [3.8, 4) is 5.75 Å². The third-order valence-corrected chi connectivity index (χ3v) is 2.42. The summed E-state index contributed by atoms with van der Waals surface area (Å²) in [6.07, 6.45) is 0.589. The minimum Gasteiger partial charge on any atom is -0.508 e. The van der Waals surface area contributed by atoms with Gasteiger partial charge >= 0.3 is 11.9 Å². The molecule has 1 aromatic rings. The molecule has 0 unspecified atom stereocenters. The van der Waals surface area contributed by atoms with Crippen molar-refractivity contribution < 1.29 is 24.2 Å². The van der Waals surface area contributed by atoms with Crippen LogP contribution in [0.1, 0.15) is 18.9 Å². The number of hydrogen-bond donors (Lipinski definition) is 1. The van der Waals surface area contributed by atoms with Gasteiger partial charge in [0.15, 0.2) is 0 Å². The zero-order valence-corrected chi connectivity index (χ0v) is 11.4. The fraction of sp³-hybridized carbons (Fsp3) is 0.333. The zero-order valence-electron chi connectivity index (χ0n) is 11.4.